The molecule has 0 aliphatic heterocycles. The topological polar surface area (TPSA) is 35.2 Å². The van der Waals surface area contributed by atoms with Gasteiger partial charge in [-0.15, -0.1) is 0 Å². The highest BCUT2D eigenvalue weighted by atomic mass is 16.5. The van der Waals surface area contributed by atoms with Gasteiger partial charge in [0.05, 0.1) is 6.10 Å². The SMILES string of the molecule is CC[C@@H](N)c1cccc(OC2CCCC2)c1. The fourth-order valence-corrected chi connectivity index (χ4v) is 2.25. The maximum Gasteiger partial charge on any atom is 0.120 e. The third-order valence-electron chi connectivity index (χ3n) is 3.33. The Balaban J connectivity index is 2.03. The zero-order valence-corrected chi connectivity index (χ0v) is 9.99. The van der Waals surface area contributed by atoms with Gasteiger partial charge in [-0.25, -0.2) is 0 Å². The molecular weight excluding hydrogens is 198 g/mol. The van der Waals surface area contributed by atoms with E-state index in [-0.39, 0.29) is 6.04 Å². The van der Waals surface area contributed by atoms with Gasteiger partial charge in [-0.2, -0.15) is 0 Å². The van der Waals surface area contributed by atoms with Crippen molar-refractivity contribution in [2.24, 2.45) is 5.73 Å². The van der Waals surface area contributed by atoms with Gasteiger partial charge in [0.25, 0.3) is 0 Å². The lowest BCUT2D eigenvalue weighted by Gasteiger charge is -2.15. The van der Waals surface area contributed by atoms with Crippen LogP contribution in [0.5, 0.6) is 5.75 Å². The first-order valence-corrected chi connectivity index (χ1v) is 6.32. The van der Waals surface area contributed by atoms with E-state index in [1.807, 2.05) is 12.1 Å². The van der Waals surface area contributed by atoms with Crippen molar-refractivity contribution in [1.29, 1.82) is 0 Å². The van der Waals surface area contributed by atoms with Crippen molar-refractivity contribution in [2.45, 2.75) is 51.2 Å². The summed E-state index contributed by atoms with van der Waals surface area (Å²) in [5, 5.41) is 0. The van der Waals surface area contributed by atoms with Gasteiger partial charge < -0.3 is 10.5 Å². The molecule has 2 nitrogen and oxygen atoms in total. The van der Waals surface area contributed by atoms with E-state index in [2.05, 4.69) is 19.1 Å². The van der Waals surface area contributed by atoms with E-state index in [1.165, 1.54) is 31.2 Å². The van der Waals surface area contributed by atoms with E-state index < -0.39 is 0 Å². The minimum absolute atomic E-state index is 0.132. The lowest BCUT2D eigenvalue weighted by molar-refractivity contribution is 0.210. The lowest BCUT2D eigenvalue weighted by Crippen LogP contribution is -2.12. The molecule has 1 aromatic carbocycles. The second-order valence-electron chi connectivity index (χ2n) is 4.61. The highest BCUT2D eigenvalue weighted by Crippen LogP contribution is 2.26. The molecule has 1 saturated carbocycles. The molecule has 0 bridgehead atoms. The van der Waals surface area contributed by atoms with E-state index in [0.717, 1.165) is 12.2 Å². The smallest absolute Gasteiger partial charge is 0.120 e. The lowest BCUT2D eigenvalue weighted by atomic mass is 10.1. The van der Waals surface area contributed by atoms with Crippen molar-refractivity contribution in [3.8, 4) is 5.75 Å². The largest absolute Gasteiger partial charge is 0.490 e. The summed E-state index contributed by atoms with van der Waals surface area (Å²) < 4.78 is 5.96. The van der Waals surface area contributed by atoms with Crippen molar-refractivity contribution in [3.63, 3.8) is 0 Å². The molecule has 16 heavy (non-hydrogen) atoms. The Morgan fingerprint density at radius 1 is 1.38 bits per heavy atom. The maximum absolute atomic E-state index is 6.02. The molecule has 2 N–H and O–H groups in total. The number of rotatable bonds is 4. The zero-order valence-electron chi connectivity index (χ0n) is 9.99. The van der Waals surface area contributed by atoms with E-state index in [4.69, 9.17) is 10.5 Å². The Morgan fingerprint density at radius 2 is 2.12 bits per heavy atom. The van der Waals surface area contributed by atoms with Crippen LogP contribution in [0.1, 0.15) is 50.6 Å². The normalized spacial score (nSPS) is 18.6. The number of benzene rings is 1. The first-order chi connectivity index (χ1) is 7.79. The summed E-state index contributed by atoms with van der Waals surface area (Å²) in [6.07, 6.45) is 6.40. The predicted octanol–water partition coefficient (Wildman–Crippen LogP) is 3.42. The van der Waals surface area contributed by atoms with Gasteiger partial charge in [0.15, 0.2) is 0 Å². The van der Waals surface area contributed by atoms with E-state index in [1.54, 1.807) is 0 Å². The molecule has 0 saturated heterocycles. The van der Waals surface area contributed by atoms with Gasteiger partial charge in [-0.3, -0.25) is 0 Å². The summed E-state index contributed by atoms with van der Waals surface area (Å²) in [5.74, 6) is 0.980. The van der Waals surface area contributed by atoms with Crippen LogP contribution in [0.25, 0.3) is 0 Å². The highest BCUT2D eigenvalue weighted by molar-refractivity contribution is 5.30. The number of hydrogen-bond acceptors (Lipinski definition) is 2. The molecule has 2 heteroatoms. The van der Waals surface area contributed by atoms with Gasteiger partial charge >= 0.3 is 0 Å². The molecule has 0 radical (unpaired) electrons. The van der Waals surface area contributed by atoms with E-state index in [9.17, 15) is 0 Å². The van der Waals surface area contributed by atoms with Crippen LogP contribution < -0.4 is 10.5 Å². The van der Waals surface area contributed by atoms with Gasteiger partial charge in [0, 0.05) is 6.04 Å². The second-order valence-corrected chi connectivity index (χ2v) is 4.61. The molecule has 88 valence electrons. The molecule has 1 aromatic rings. The molecule has 0 amide bonds. The molecule has 2 rings (SSSR count). The average Bonchev–Trinajstić information content (AvgIpc) is 2.81. The van der Waals surface area contributed by atoms with Crippen molar-refractivity contribution in [2.75, 3.05) is 0 Å². The molecule has 1 atom stereocenters. The summed E-state index contributed by atoms with van der Waals surface area (Å²) in [5.41, 5.74) is 7.19. The van der Waals surface area contributed by atoms with E-state index in [0.29, 0.717) is 6.10 Å². The van der Waals surface area contributed by atoms with Crippen LogP contribution in [0.2, 0.25) is 0 Å². The van der Waals surface area contributed by atoms with Crippen LogP contribution in [-0.2, 0) is 0 Å². The van der Waals surface area contributed by atoms with Crippen LogP contribution in [0.3, 0.4) is 0 Å². The van der Waals surface area contributed by atoms with Crippen LogP contribution in [0.15, 0.2) is 24.3 Å². The van der Waals surface area contributed by atoms with Crippen molar-refractivity contribution < 1.29 is 4.74 Å². The van der Waals surface area contributed by atoms with Crippen molar-refractivity contribution in [1.82, 2.24) is 0 Å². The van der Waals surface area contributed by atoms with Crippen LogP contribution in [0.4, 0.5) is 0 Å². The Hall–Kier alpha value is -1.02. The molecule has 1 fully saturated rings. The fourth-order valence-electron chi connectivity index (χ4n) is 2.25. The van der Waals surface area contributed by atoms with Gasteiger partial charge in [0.2, 0.25) is 0 Å². The van der Waals surface area contributed by atoms with Crippen molar-refractivity contribution >= 4 is 0 Å². The van der Waals surface area contributed by atoms with Gasteiger partial charge in [-0.1, -0.05) is 19.1 Å². The molecule has 0 heterocycles. The Morgan fingerprint density at radius 3 is 2.81 bits per heavy atom. The monoisotopic (exact) mass is 219 g/mol. The molecular formula is C14H21NO. The van der Waals surface area contributed by atoms with Gasteiger partial charge in [-0.05, 0) is 49.8 Å². The molecule has 1 aliphatic carbocycles. The standard InChI is InChI=1S/C14H21NO/c1-2-14(15)11-6-5-9-13(10-11)16-12-7-3-4-8-12/h5-6,9-10,12,14H,2-4,7-8,15H2,1H3/t14-/m1/s1. The molecule has 1 aliphatic rings. The summed E-state index contributed by atoms with van der Waals surface area (Å²) >= 11 is 0. The average molecular weight is 219 g/mol. The fraction of sp³-hybridized carbons (Fsp3) is 0.571. The van der Waals surface area contributed by atoms with Crippen LogP contribution in [0, 0.1) is 0 Å². The molecule has 0 unspecified atom stereocenters. The maximum atomic E-state index is 6.02. The van der Waals surface area contributed by atoms with Crippen LogP contribution >= 0.6 is 0 Å². The minimum Gasteiger partial charge on any atom is -0.490 e. The second kappa shape index (κ2) is 5.35. The summed E-state index contributed by atoms with van der Waals surface area (Å²) in [6, 6.07) is 8.37. The summed E-state index contributed by atoms with van der Waals surface area (Å²) in [7, 11) is 0. The summed E-state index contributed by atoms with van der Waals surface area (Å²) in [4.78, 5) is 0. The minimum atomic E-state index is 0.132. The number of nitrogens with two attached hydrogens (primary N) is 1. The predicted molar refractivity (Wildman–Crippen MR) is 66.5 cm³/mol. The summed E-state index contributed by atoms with van der Waals surface area (Å²) in [6.45, 7) is 2.11. The number of ether oxygens (including phenoxy) is 1. The van der Waals surface area contributed by atoms with Crippen LogP contribution in [-0.4, -0.2) is 6.10 Å². The first-order valence-electron chi connectivity index (χ1n) is 6.32. The van der Waals surface area contributed by atoms with E-state index >= 15 is 0 Å². The molecule has 0 aromatic heterocycles. The van der Waals surface area contributed by atoms with Crippen molar-refractivity contribution in [3.05, 3.63) is 29.8 Å². The first kappa shape index (κ1) is 11.5. The molecule has 0 spiro atoms. The zero-order chi connectivity index (χ0) is 11.4. The number of hydrogen-bond donors (Lipinski definition) is 1. The Labute approximate surface area is 97.8 Å². The Kier molecular flexibility index (Phi) is 3.83. The quantitative estimate of drug-likeness (QED) is 0.842. The van der Waals surface area contributed by atoms with Gasteiger partial charge in [0.1, 0.15) is 5.75 Å². The highest BCUT2D eigenvalue weighted by Gasteiger charge is 2.16. The third kappa shape index (κ3) is 2.76. The Bertz CT molecular complexity index is 331. The third-order valence-corrected chi connectivity index (χ3v) is 3.33.